The lowest BCUT2D eigenvalue weighted by atomic mass is 10.2. The summed E-state index contributed by atoms with van der Waals surface area (Å²) in [7, 11) is 0. The number of hydrogen-bond donors (Lipinski definition) is 1. The summed E-state index contributed by atoms with van der Waals surface area (Å²) in [5, 5.41) is 3.88. The molecule has 0 bridgehead atoms. The van der Waals surface area contributed by atoms with E-state index < -0.39 is 0 Å². The second-order valence-electron chi connectivity index (χ2n) is 6.14. The zero-order valence-corrected chi connectivity index (χ0v) is 15.9. The van der Waals surface area contributed by atoms with Crippen molar-refractivity contribution >= 4 is 33.1 Å². The van der Waals surface area contributed by atoms with Crippen LogP contribution in [0.5, 0.6) is 5.75 Å². The molecule has 4 nitrogen and oxygen atoms in total. The molecule has 1 aromatic heterocycles. The fourth-order valence-corrected chi connectivity index (χ4v) is 3.72. The number of para-hydroxylation sites is 1. The molecule has 0 saturated carbocycles. The highest BCUT2D eigenvalue weighted by Crippen LogP contribution is 2.30. The van der Waals surface area contributed by atoms with Gasteiger partial charge >= 0.3 is 0 Å². The van der Waals surface area contributed by atoms with Crippen LogP contribution in [-0.2, 0) is 0 Å². The van der Waals surface area contributed by atoms with Crippen molar-refractivity contribution in [2.75, 3.05) is 11.9 Å². The van der Waals surface area contributed by atoms with Crippen molar-refractivity contribution in [3.8, 4) is 16.3 Å². The minimum Gasteiger partial charge on any atom is -0.490 e. The Bertz CT molecular complexity index is 1080. The number of hydrogen-bond acceptors (Lipinski definition) is 4. The standard InChI is InChI=1S/C23H18N2O2S/c1-2-15-27-19-13-9-16(10-14-19)22(26)24-18-11-7-17(8-12-18)23-25-20-5-3-4-6-21(20)28-23/h2-14H,1,15H2,(H,24,26). The van der Waals surface area contributed by atoms with Crippen molar-refractivity contribution < 1.29 is 9.53 Å². The number of nitrogens with one attached hydrogen (secondary N) is 1. The molecule has 1 heterocycles. The molecule has 0 aliphatic heterocycles. The fourth-order valence-electron chi connectivity index (χ4n) is 2.75. The van der Waals surface area contributed by atoms with Crippen molar-refractivity contribution in [1.29, 1.82) is 0 Å². The van der Waals surface area contributed by atoms with E-state index in [0.29, 0.717) is 17.9 Å². The largest absolute Gasteiger partial charge is 0.490 e. The molecule has 138 valence electrons. The molecule has 0 unspecified atom stereocenters. The third-order valence-electron chi connectivity index (χ3n) is 4.17. The molecule has 5 heteroatoms. The molecule has 4 rings (SSSR count). The number of carbonyl (C=O) groups is 1. The quantitative estimate of drug-likeness (QED) is 0.427. The van der Waals surface area contributed by atoms with Gasteiger partial charge in [-0.15, -0.1) is 11.3 Å². The molecule has 28 heavy (non-hydrogen) atoms. The molecular weight excluding hydrogens is 368 g/mol. The van der Waals surface area contributed by atoms with Gasteiger partial charge in [-0.25, -0.2) is 4.98 Å². The van der Waals surface area contributed by atoms with Crippen molar-refractivity contribution in [3.63, 3.8) is 0 Å². The van der Waals surface area contributed by atoms with Crippen LogP contribution in [0, 0.1) is 0 Å². The number of amides is 1. The van der Waals surface area contributed by atoms with Gasteiger partial charge in [0.25, 0.3) is 5.91 Å². The molecule has 0 saturated heterocycles. The van der Waals surface area contributed by atoms with Gasteiger partial charge in [-0.1, -0.05) is 24.8 Å². The van der Waals surface area contributed by atoms with Crippen LogP contribution in [0.15, 0.2) is 85.5 Å². The zero-order chi connectivity index (χ0) is 19.3. The predicted octanol–water partition coefficient (Wildman–Crippen LogP) is 5.78. The Kier molecular flexibility index (Phi) is 5.17. The molecule has 3 aromatic carbocycles. The molecule has 0 fully saturated rings. The topological polar surface area (TPSA) is 51.2 Å². The van der Waals surface area contributed by atoms with E-state index in [2.05, 4.69) is 22.9 Å². The van der Waals surface area contributed by atoms with Crippen LogP contribution in [0.1, 0.15) is 10.4 Å². The summed E-state index contributed by atoms with van der Waals surface area (Å²) < 4.78 is 6.59. The predicted molar refractivity (Wildman–Crippen MR) is 115 cm³/mol. The first-order chi connectivity index (χ1) is 13.7. The Morgan fingerprint density at radius 2 is 1.79 bits per heavy atom. The minimum absolute atomic E-state index is 0.164. The van der Waals surface area contributed by atoms with Crippen LogP contribution < -0.4 is 10.1 Å². The Labute approximate surface area is 167 Å². The van der Waals surface area contributed by atoms with E-state index in [1.807, 2.05) is 42.5 Å². The molecule has 1 amide bonds. The van der Waals surface area contributed by atoms with Gasteiger partial charge in [0, 0.05) is 16.8 Å². The highest BCUT2D eigenvalue weighted by molar-refractivity contribution is 7.21. The van der Waals surface area contributed by atoms with E-state index in [9.17, 15) is 4.79 Å². The summed E-state index contributed by atoms with van der Waals surface area (Å²) in [5.74, 6) is 0.541. The van der Waals surface area contributed by atoms with Crippen molar-refractivity contribution in [1.82, 2.24) is 4.98 Å². The number of anilines is 1. The maximum Gasteiger partial charge on any atom is 0.255 e. The summed E-state index contributed by atoms with van der Waals surface area (Å²) in [6.45, 7) is 4.05. The number of ether oxygens (including phenoxy) is 1. The average Bonchev–Trinajstić information content (AvgIpc) is 3.17. The van der Waals surface area contributed by atoms with E-state index in [-0.39, 0.29) is 5.91 Å². The van der Waals surface area contributed by atoms with Crippen molar-refractivity contribution in [2.45, 2.75) is 0 Å². The first-order valence-electron chi connectivity index (χ1n) is 8.84. The van der Waals surface area contributed by atoms with Gasteiger partial charge in [-0.2, -0.15) is 0 Å². The maximum absolute atomic E-state index is 12.4. The van der Waals surface area contributed by atoms with Crippen molar-refractivity contribution in [2.24, 2.45) is 0 Å². The lowest BCUT2D eigenvalue weighted by Gasteiger charge is -2.07. The number of rotatable bonds is 6. The molecule has 0 atom stereocenters. The molecule has 1 N–H and O–H groups in total. The number of carbonyl (C=O) groups excluding carboxylic acids is 1. The van der Waals surface area contributed by atoms with Crippen LogP contribution >= 0.6 is 11.3 Å². The third kappa shape index (κ3) is 3.94. The Morgan fingerprint density at radius 1 is 1.04 bits per heavy atom. The lowest BCUT2D eigenvalue weighted by Crippen LogP contribution is -2.11. The van der Waals surface area contributed by atoms with E-state index in [0.717, 1.165) is 26.5 Å². The van der Waals surface area contributed by atoms with Crippen LogP contribution in [0.2, 0.25) is 0 Å². The Hall–Kier alpha value is -3.44. The minimum atomic E-state index is -0.164. The Balaban J connectivity index is 1.45. The van der Waals surface area contributed by atoms with Crippen LogP contribution in [0.3, 0.4) is 0 Å². The highest BCUT2D eigenvalue weighted by atomic mass is 32.1. The number of nitrogens with zero attached hydrogens (tertiary/aromatic N) is 1. The van der Waals surface area contributed by atoms with Crippen LogP contribution in [0.4, 0.5) is 5.69 Å². The molecular formula is C23H18N2O2S. The van der Waals surface area contributed by atoms with Gasteiger partial charge in [0.05, 0.1) is 10.2 Å². The summed E-state index contributed by atoms with van der Waals surface area (Å²) in [5.41, 5.74) is 3.34. The average molecular weight is 386 g/mol. The molecule has 4 aromatic rings. The van der Waals surface area contributed by atoms with Crippen LogP contribution in [0.25, 0.3) is 20.8 Å². The third-order valence-corrected chi connectivity index (χ3v) is 5.25. The number of thiazole rings is 1. The molecule has 0 aliphatic rings. The van der Waals surface area contributed by atoms with Gasteiger partial charge in [0.1, 0.15) is 17.4 Å². The summed E-state index contributed by atoms with van der Waals surface area (Å²) in [4.78, 5) is 17.1. The summed E-state index contributed by atoms with van der Waals surface area (Å²) in [6, 6.07) is 22.8. The van der Waals surface area contributed by atoms with E-state index in [4.69, 9.17) is 4.74 Å². The number of fused-ring (bicyclic) bond motifs is 1. The molecule has 0 aliphatic carbocycles. The van der Waals surface area contributed by atoms with Gasteiger partial charge in [-0.3, -0.25) is 4.79 Å². The zero-order valence-electron chi connectivity index (χ0n) is 15.1. The monoisotopic (exact) mass is 386 g/mol. The molecule has 0 spiro atoms. The molecule has 0 radical (unpaired) electrons. The summed E-state index contributed by atoms with van der Waals surface area (Å²) in [6.07, 6.45) is 1.68. The second kappa shape index (κ2) is 8.06. The van der Waals surface area contributed by atoms with Gasteiger partial charge in [-0.05, 0) is 60.7 Å². The Morgan fingerprint density at radius 3 is 2.50 bits per heavy atom. The summed E-state index contributed by atoms with van der Waals surface area (Å²) >= 11 is 1.66. The lowest BCUT2D eigenvalue weighted by molar-refractivity contribution is 0.102. The fraction of sp³-hybridized carbons (Fsp3) is 0.0435. The smallest absolute Gasteiger partial charge is 0.255 e. The van der Waals surface area contributed by atoms with Gasteiger partial charge in [0.15, 0.2) is 0 Å². The first kappa shape index (κ1) is 17.9. The number of aromatic nitrogens is 1. The first-order valence-corrected chi connectivity index (χ1v) is 9.66. The van der Waals surface area contributed by atoms with Crippen LogP contribution in [-0.4, -0.2) is 17.5 Å². The van der Waals surface area contributed by atoms with Crippen molar-refractivity contribution in [3.05, 3.63) is 91.0 Å². The van der Waals surface area contributed by atoms with E-state index in [1.165, 1.54) is 0 Å². The highest BCUT2D eigenvalue weighted by Gasteiger charge is 2.08. The van der Waals surface area contributed by atoms with E-state index in [1.54, 1.807) is 41.7 Å². The van der Waals surface area contributed by atoms with Gasteiger partial charge in [0.2, 0.25) is 0 Å². The number of benzene rings is 3. The second-order valence-corrected chi connectivity index (χ2v) is 7.17. The SMILES string of the molecule is C=CCOc1ccc(C(=O)Nc2ccc(-c3nc4ccccc4s3)cc2)cc1. The van der Waals surface area contributed by atoms with Gasteiger partial charge < -0.3 is 10.1 Å². The van der Waals surface area contributed by atoms with E-state index >= 15 is 0 Å². The normalized spacial score (nSPS) is 10.6. The maximum atomic E-state index is 12.4.